The number of carbonyl (C=O) groups is 1. The average molecular weight is 344 g/mol. The van der Waals surface area contributed by atoms with Crippen molar-refractivity contribution in [2.45, 2.75) is 32.1 Å². The van der Waals surface area contributed by atoms with Gasteiger partial charge < -0.3 is 14.7 Å². The van der Waals surface area contributed by atoms with Gasteiger partial charge in [0.2, 0.25) is 0 Å². The van der Waals surface area contributed by atoms with E-state index in [1.807, 2.05) is 6.92 Å². The van der Waals surface area contributed by atoms with Crippen LogP contribution in [-0.4, -0.2) is 57.4 Å². The van der Waals surface area contributed by atoms with Gasteiger partial charge in [0.05, 0.1) is 12.2 Å². The zero-order chi connectivity index (χ0) is 17.6. The molecule has 2 heterocycles. The minimum atomic E-state index is -0.923. The fourth-order valence-electron chi connectivity index (χ4n) is 3.18. The predicted molar refractivity (Wildman–Crippen MR) is 93.0 cm³/mol. The van der Waals surface area contributed by atoms with Gasteiger partial charge in [0.25, 0.3) is 0 Å². The number of hydrogen-bond acceptors (Lipinski definition) is 5. The second kappa shape index (κ2) is 8.11. The molecule has 2 N–H and O–H groups in total. The third-order valence-corrected chi connectivity index (χ3v) is 4.47. The molecular formula is C18H24N4O3. The maximum Gasteiger partial charge on any atom is 0.335 e. The van der Waals surface area contributed by atoms with Gasteiger partial charge in [-0.15, -0.1) is 0 Å². The molecule has 1 aromatic heterocycles. The maximum absolute atomic E-state index is 10.8. The van der Waals surface area contributed by atoms with Gasteiger partial charge in [-0.2, -0.15) is 5.10 Å². The summed E-state index contributed by atoms with van der Waals surface area (Å²) in [5.74, 6) is 1.99. The molecule has 1 saturated heterocycles. The number of H-pyrrole nitrogens is 1. The molecular weight excluding hydrogens is 320 g/mol. The van der Waals surface area contributed by atoms with E-state index in [0.29, 0.717) is 18.3 Å². The SMILES string of the molecule is Cc1nc([C@@H]2CCCN(CCCOc3ccc(C(=O)O)cc3)C2)n[nH]1. The van der Waals surface area contributed by atoms with Gasteiger partial charge in [0.1, 0.15) is 11.6 Å². The van der Waals surface area contributed by atoms with E-state index < -0.39 is 5.97 Å². The number of aromatic carboxylic acids is 1. The van der Waals surface area contributed by atoms with E-state index in [0.717, 1.165) is 50.5 Å². The highest BCUT2D eigenvalue weighted by Gasteiger charge is 2.23. The Morgan fingerprint density at radius 1 is 1.40 bits per heavy atom. The normalized spacial score (nSPS) is 18.2. The summed E-state index contributed by atoms with van der Waals surface area (Å²) in [4.78, 5) is 17.7. The van der Waals surface area contributed by atoms with Crippen molar-refractivity contribution < 1.29 is 14.6 Å². The summed E-state index contributed by atoms with van der Waals surface area (Å²) in [6, 6.07) is 6.52. The number of nitrogens with zero attached hydrogens (tertiary/aromatic N) is 3. The Morgan fingerprint density at radius 3 is 2.88 bits per heavy atom. The monoisotopic (exact) mass is 344 g/mol. The number of likely N-dealkylation sites (tertiary alicyclic amines) is 1. The fraction of sp³-hybridized carbons (Fsp3) is 0.500. The summed E-state index contributed by atoms with van der Waals surface area (Å²) in [6.07, 6.45) is 3.23. The van der Waals surface area contributed by atoms with E-state index in [4.69, 9.17) is 9.84 Å². The summed E-state index contributed by atoms with van der Waals surface area (Å²) in [5.41, 5.74) is 0.272. The van der Waals surface area contributed by atoms with E-state index in [1.54, 1.807) is 24.3 Å². The lowest BCUT2D eigenvalue weighted by molar-refractivity contribution is 0.0697. The number of rotatable bonds is 7. The van der Waals surface area contributed by atoms with E-state index >= 15 is 0 Å². The minimum absolute atomic E-state index is 0.272. The average Bonchev–Trinajstić information content (AvgIpc) is 3.06. The van der Waals surface area contributed by atoms with Gasteiger partial charge in [-0.25, -0.2) is 9.78 Å². The van der Waals surface area contributed by atoms with Crippen LogP contribution >= 0.6 is 0 Å². The zero-order valence-corrected chi connectivity index (χ0v) is 14.4. The molecule has 25 heavy (non-hydrogen) atoms. The summed E-state index contributed by atoms with van der Waals surface area (Å²) in [6.45, 7) is 5.62. The Morgan fingerprint density at radius 2 is 2.20 bits per heavy atom. The van der Waals surface area contributed by atoms with Crippen LogP contribution < -0.4 is 4.74 Å². The van der Waals surface area contributed by atoms with Crippen LogP contribution in [0.15, 0.2) is 24.3 Å². The molecule has 1 aromatic carbocycles. The highest BCUT2D eigenvalue weighted by molar-refractivity contribution is 5.87. The molecule has 0 unspecified atom stereocenters. The van der Waals surface area contributed by atoms with Crippen LogP contribution in [0.2, 0.25) is 0 Å². The molecule has 1 aliphatic heterocycles. The standard InChI is InChI=1S/C18H24N4O3/c1-13-19-17(21-20-13)15-4-2-9-22(12-15)10-3-11-25-16-7-5-14(6-8-16)18(23)24/h5-8,15H,2-4,9-12H2,1H3,(H,23,24)(H,19,20,21)/t15-/m1/s1. The maximum atomic E-state index is 10.8. The lowest BCUT2D eigenvalue weighted by Gasteiger charge is -2.31. The Kier molecular flexibility index (Phi) is 5.65. The Balaban J connectivity index is 1.40. The molecule has 0 radical (unpaired) electrons. The molecule has 0 aliphatic carbocycles. The molecule has 0 bridgehead atoms. The van der Waals surface area contributed by atoms with Crippen molar-refractivity contribution in [1.29, 1.82) is 0 Å². The zero-order valence-electron chi connectivity index (χ0n) is 14.4. The highest BCUT2D eigenvalue weighted by Crippen LogP contribution is 2.24. The molecule has 3 rings (SSSR count). The third-order valence-electron chi connectivity index (χ3n) is 4.47. The van der Waals surface area contributed by atoms with Gasteiger partial charge in [-0.05, 0) is 57.0 Å². The first-order valence-corrected chi connectivity index (χ1v) is 8.69. The molecule has 1 atom stereocenters. The van der Waals surface area contributed by atoms with Crippen LogP contribution in [0.25, 0.3) is 0 Å². The fourth-order valence-corrected chi connectivity index (χ4v) is 3.18. The number of aromatic amines is 1. The summed E-state index contributed by atoms with van der Waals surface area (Å²) < 4.78 is 5.70. The van der Waals surface area contributed by atoms with E-state index in [2.05, 4.69) is 20.1 Å². The second-order valence-corrected chi connectivity index (χ2v) is 6.45. The molecule has 7 heteroatoms. The molecule has 7 nitrogen and oxygen atoms in total. The van der Waals surface area contributed by atoms with Crippen LogP contribution in [0, 0.1) is 6.92 Å². The number of carboxylic acid groups (broad SMARTS) is 1. The van der Waals surface area contributed by atoms with Crippen molar-refractivity contribution in [3.8, 4) is 5.75 Å². The van der Waals surface area contributed by atoms with Crippen molar-refractivity contribution in [2.75, 3.05) is 26.2 Å². The Bertz CT molecular complexity index is 699. The van der Waals surface area contributed by atoms with Crippen LogP contribution in [0.1, 0.15) is 47.2 Å². The van der Waals surface area contributed by atoms with Crippen molar-refractivity contribution >= 4 is 5.97 Å². The largest absolute Gasteiger partial charge is 0.494 e. The number of benzene rings is 1. The lowest BCUT2D eigenvalue weighted by Crippen LogP contribution is -2.36. The van der Waals surface area contributed by atoms with Crippen LogP contribution in [0.5, 0.6) is 5.75 Å². The van der Waals surface area contributed by atoms with Gasteiger partial charge in [-0.1, -0.05) is 0 Å². The number of aromatic nitrogens is 3. The predicted octanol–water partition coefficient (Wildman–Crippen LogP) is 2.46. The second-order valence-electron chi connectivity index (χ2n) is 6.45. The lowest BCUT2D eigenvalue weighted by atomic mass is 9.97. The quantitative estimate of drug-likeness (QED) is 0.750. The topological polar surface area (TPSA) is 91.3 Å². The third kappa shape index (κ3) is 4.79. The summed E-state index contributed by atoms with van der Waals surface area (Å²) >= 11 is 0. The van der Waals surface area contributed by atoms with Crippen LogP contribution in [0.4, 0.5) is 0 Å². The first-order valence-electron chi connectivity index (χ1n) is 8.69. The van der Waals surface area contributed by atoms with Crippen molar-refractivity contribution in [2.24, 2.45) is 0 Å². The van der Waals surface area contributed by atoms with Crippen molar-refractivity contribution in [3.63, 3.8) is 0 Å². The van der Waals surface area contributed by atoms with Crippen LogP contribution in [0.3, 0.4) is 0 Å². The number of ether oxygens (including phenoxy) is 1. The summed E-state index contributed by atoms with van der Waals surface area (Å²) in [5, 5.41) is 16.1. The number of aryl methyl sites for hydroxylation is 1. The summed E-state index contributed by atoms with van der Waals surface area (Å²) in [7, 11) is 0. The molecule has 0 spiro atoms. The van der Waals surface area contributed by atoms with E-state index in [-0.39, 0.29) is 5.56 Å². The Labute approximate surface area is 147 Å². The number of hydrogen-bond donors (Lipinski definition) is 2. The minimum Gasteiger partial charge on any atom is -0.494 e. The Hall–Kier alpha value is -2.41. The molecule has 134 valence electrons. The molecule has 2 aromatic rings. The number of nitrogens with one attached hydrogen (secondary N) is 1. The van der Waals surface area contributed by atoms with Gasteiger partial charge in [-0.3, -0.25) is 5.10 Å². The highest BCUT2D eigenvalue weighted by atomic mass is 16.5. The van der Waals surface area contributed by atoms with E-state index in [1.165, 1.54) is 0 Å². The smallest absolute Gasteiger partial charge is 0.335 e. The first-order chi connectivity index (χ1) is 12.1. The molecule has 0 saturated carbocycles. The number of carboxylic acids is 1. The van der Waals surface area contributed by atoms with E-state index in [9.17, 15) is 4.79 Å². The van der Waals surface area contributed by atoms with Gasteiger partial charge in [0, 0.05) is 19.0 Å². The van der Waals surface area contributed by atoms with Crippen molar-refractivity contribution in [1.82, 2.24) is 20.1 Å². The first kappa shape index (κ1) is 17.4. The molecule has 0 amide bonds. The molecule has 1 aliphatic rings. The molecule has 1 fully saturated rings. The van der Waals surface area contributed by atoms with Gasteiger partial charge >= 0.3 is 5.97 Å². The van der Waals surface area contributed by atoms with Crippen molar-refractivity contribution in [3.05, 3.63) is 41.5 Å². The number of piperidine rings is 1. The van der Waals surface area contributed by atoms with Crippen LogP contribution in [-0.2, 0) is 0 Å². The van der Waals surface area contributed by atoms with Gasteiger partial charge in [0.15, 0.2) is 5.82 Å².